The molecule has 3 aromatic heterocycles. The van der Waals surface area contributed by atoms with Crippen LogP contribution in [0.4, 0.5) is 0 Å². The van der Waals surface area contributed by atoms with Crippen LogP contribution in [0.2, 0.25) is 0 Å². The second kappa shape index (κ2) is 3.30. The van der Waals surface area contributed by atoms with E-state index < -0.39 is 0 Å². The Kier molecular flexibility index (Phi) is 1.83. The van der Waals surface area contributed by atoms with Crippen LogP contribution in [-0.4, -0.2) is 15.0 Å². The largest absolute Gasteiger partial charge is 0.461 e. The summed E-state index contributed by atoms with van der Waals surface area (Å²) >= 11 is 0. The molecular formula is C11H7N3O2. The van der Waals surface area contributed by atoms with Crippen molar-refractivity contribution in [1.29, 1.82) is 0 Å². The number of rotatable bonds is 1. The summed E-state index contributed by atoms with van der Waals surface area (Å²) in [5.74, 6) is 0.908. The van der Waals surface area contributed by atoms with Gasteiger partial charge in [0.15, 0.2) is 17.2 Å². The monoisotopic (exact) mass is 213 g/mol. The summed E-state index contributed by atoms with van der Waals surface area (Å²) in [5.41, 5.74) is 0.196. The first-order valence-corrected chi connectivity index (χ1v) is 4.73. The summed E-state index contributed by atoms with van der Waals surface area (Å²) in [6, 6.07) is 6.84. The fraction of sp³-hybridized carbons (Fsp3) is 0. The van der Waals surface area contributed by atoms with Crippen molar-refractivity contribution in [3.8, 4) is 11.6 Å². The molecule has 0 radical (unpaired) electrons. The van der Waals surface area contributed by atoms with Crippen LogP contribution in [0.1, 0.15) is 0 Å². The zero-order valence-electron chi connectivity index (χ0n) is 8.18. The van der Waals surface area contributed by atoms with E-state index in [2.05, 4.69) is 15.0 Å². The number of furan rings is 1. The van der Waals surface area contributed by atoms with Gasteiger partial charge in [-0.2, -0.15) is 0 Å². The minimum atomic E-state index is -0.218. The van der Waals surface area contributed by atoms with Gasteiger partial charge in [0.05, 0.1) is 11.6 Å². The number of hydrogen-bond donors (Lipinski definition) is 1. The molecule has 0 aromatic carbocycles. The maximum atomic E-state index is 11.7. The fourth-order valence-electron chi connectivity index (χ4n) is 1.50. The Morgan fingerprint density at radius 2 is 2.19 bits per heavy atom. The molecular weight excluding hydrogens is 206 g/mol. The van der Waals surface area contributed by atoms with E-state index in [1.165, 1.54) is 6.26 Å². The van der Waals surface area contributed by atoms with E-state index >= 15 is 0 Å². The summed E-state index contributed by atoms with van der Waals surface area (Å²) in [7, 11) is 0. The van der Waals surface area contributed by atoms with Crippen molar-refractivity contribution in [2.75, 3.05) is 0 Å². The van der Waals surface area contributed by atoms with Gasteiger partial charge in [0.2, 0.25) is 0 Å². The van der Waals surface area contributed by atoms with Crippen LogP contribution in [-0.2, 0) is 0 Å². The van der Waals surface area contributed by atoms with Crippen LogP contribution in [0.25, 0.3) is 22.6 Å². The van der Waals surface area contributed by atoms with E-state index in [0.717, 1.165) is 0 Å². The van der Waals surface area contributed by atoms with E-state index in [-0.39, 0.29) is 5.56 Å². The quantitative estimate of drug-likeness (QED) is 0.666. The molecule has 0 fully saturated rings. The summed E-state index contributed by atoms with van der Waals surface area (Å²) in [5, 5.41) is 0.470. The van der Waals surface area contributed by atoms with Crippen LogP contribution < -0.4 is 5.56 Å². The Morgan fingerprint density at radius 1 is 1.25 bits per heavy atom. The predicted molar refractivity (Wildman–Crippen MR) is 57.9 cm³/mol. The van der Waals surface area contributed by atoms with E-state index in [1.807, 2.05) is 0 Å². The Balaban J connectivity index is 2.34. The van der Waals surface area contributed by atoms with E-state index in [4.69, 9.17) is 4.42 Å². The number of fused-ring (bicyclic) bond motifs is 1. The van der Waals surface area contributed by atoms with Gasteiger partial charge in [0, 0.05) is 6.20 Å². The smallest absolute Gasteiger partial charge is 0.260 e. The molecule has 3 aromatic rings. The van der Waals surface area contributed by atoms with Gasteiger partial charge < -0.3 is 9.40 Å². The molecule has 0 spiro atoms. The van der Waals surface area contributed by atoms with Crippen LogP contribution in [0.15, 0.2) is 45.9 Å². The normalized spacial score (nSPS) is 10.8. The number of nitrogens with one attached hydrogen (secondary N) is 1. The second-order valence-electron chi connectivity index (χ2n) is 3.27. The Bertz CT molecular complexity index is 686. The lowest BCUT2D eigenvalue weighted by atomic mass is 10.3. The highest BCUT2D eigenvalue weighted by atomic mass is 16.3. The lowest BCUT2D eigenvalue weighted by molar-refractivity contribution is 0.577. The number of pyridine rings is 1. The van der Waals surface area contributed by atoms with Gasteiger partial charge in [0.25, 0.3) is 5.56 Å². The number of aromatic amines is 1. The molecule has 78 valence electrons. The van der Waals surface area contributed by atoms with Crippen LogP contribution in [0, 0.1) is 0 Å². The maximum Gasteiger partial charge on any atom is 0.260 e. The minimum Gasteiger partial charge on any atom is -0.461 e. The van der Waals surface area contributed by atoms with Gasteiger partial charge in [-0.15, -0.1) is 0 Å². The summed E-state index contributed by atoms with van der Waals surface area (Å²) in [6.07, 6.45) is 3.12. The summed E-state index contributed by atoms with van der Waals surface area (Å²) < 4.78 is 5.16. The SMILES string of the molecule is O=c1[nH]c(-c2ccco2)nc2ncccc12. The Labute approximate surface area is 89.8 Å². The molecule has 0 amide bonds. The first kappa shape index (κ1) is 8.84. The summed E-state index contributed by atoms with van der Waals surface area (Å²) in [6.45, 7) is 0. The molecule has 0 aliphatic rings. The number of nitrogens with zero attached hydrogens (tertiary/aromatic N) is 2. The van der Waals surface area contributed by atoms with Crippen LogP contribution >= 0.6 is 0 Å². The highest BCUT2D eigenvalue weighted by molar-refractivity contribution is 5.74. The lowest BCUT2D eigenvalue weighted by Gasteiger charge is -1.98. The number of H-pyrrole nitrogens is 1. The molecule has 0 saturated carbocycles. The second-order valence-corrected chi connectivity index (χ2v) is 3.27. The Hall–Kier alpha value is -2.43. The van der Waals surface area contributed by atoms with Gasteiger partial charge in [-0.25, -0.2) is 9.97 Å². The van der Waals surface area contributed by atoms with Gasteiger partial charge in [0.1, 0.15) is 0 Å². The maximum absolute atomic E-state index is 11.7. The average Bonchev–Trinajstić information content (AvgIpc) is 2.82. The molecule has 0 bridgehead atoms. The van der Waals surface area contributed by atoms with Gasteiger partial charge >= 0.3 is 0 Å². The molecule has 16 heavy (non-hydrogen) atoms. The third kappa shape index (κ3) is 1.30. The molecule has 0 unspecified atom stereocenters. The number of aromatic nitrogens is 3. The third-order valence-corrected chi connectivity index (χ3v) is 2.24. The van der Waals surface area contributed by atoms with E-state index in [1.54, 1.807) is 30.5 Å². The summed E-state index contributed by atoms with van der Waals surface area (Å²) in [4.78, 5) is 22.6. The molecule has 0 saturated heterocycles. The van der Waals surface area contributed by atoms with Crippen molar-refractivity contribution in [3.05, 3.63) is 47.1 Å². The van der Waals surface area contributed by atoms with Crippen LogP contribution in [0.3, 0.4) is 0 Å². The van der Waals surface area contributed by atoms with Crippen molar-refractivity contribution in [1.82, 2.24) is 15.0 Å². The van der Waals surface area contributed by atoms with Crippen LogP contribution in [0.5, 0.6) is 0 Å². The van der Waals surface area contributed by atoms with Crippen molar-refractivity contribution in [2.24, 2.45) is 0 Å². The zero-order chi connectivity index (χ0) is 11.0. The number of hydrogen-bond acceptors (Lipinski definition) is 4. The molecule has 5 heteroatoms. The first-order chi connectivity index (χ1) is 7.84. The highest BCUT2D eigenvalue weighted by Gasteiger charge is 2.07. The minimum absolute atomic E-state index is 0.218. The lowest BCUT2D eigenvalue weighted by Crippen LogP contribution is -2.09. The standard InChI is InChI=1S/C11H7N3O2/c15-11-7-3-1-5-12-9(7)13-10(14-11)8-4-2-6-16-8/h1-6H,(H,12,13,14,15). The van der Waals surface area contributed by atoms with Crippen molar-refractivity contribution < 1.29 is 4.42 Å². The highest BCUT2D eigenvalue weighted by Crippen LogP contribution is 2.14. The van der Waals surface area contributed by atoms with E-state index in [0.29, 0.717) is 22.6 Å². The molecule has 5 nitrogen and oxygen atoms in total. The molecule has 3 rings (SSSR count). The molecule has 0 aliphatic carbocycles. The predicted octanol–water partition coefficient (Wildman–Crippen LogP) is 1.58. The van der Waals surface area contributed by atoms with E-state index in [9.17, 15) is 4.79 Å². The first-order valence-electron chi connectivity index (χ1n) is 4.73. The van der Waals surface area contributed by atoms with Gasteiger partial charge in [-0.1, -0.05) is 0 Å². The molecule has 0 aliphatic heterocycles. The van der Waals surface area contributed by atoms with Crippen molar-refractivity contribution >= 4 is 11.0 Å². The van der Waals surface area contributed by atoms with Crippen molar-refractivity contribution in [3.63, 3.8) is 0 Å². The fourth-order valence-corrected chi connectivity index (χ4v) is 1.50. The molecule has 3 heterocycles. The third-order valence-electron chi connectivity index (χ3n) is 2.24. The molecule has 0 atom stereocenters. The topological polar surface area (TPSA) is 71.8 Å². The van der Waals surface area contributed by atoms with Crippen molar-refractivity contribution in [2.45, 2.75) is 0 Å². The zero-order valence-corrected chi connectivity index (χ0v) is 8.18. The van der Waals surface area contributed by atoms with Gasteiger partial charge in [-0.3, -0.25) is 4.79 Å². The average molecular weight is 213 g/mol. The Morgan fingerprint density at radius 3 is 3.00 bits per heavy atom. The van der Waals surface area contributed by atoms with Gasteiger partial charge in [-0.05, 0) is 24.3 Å². The molecule has 1 N–H and O–H groups in total.